The summed E-state index contributed by atoms with van der Waals surface area (Å²) in [5.74, 6) is 0.306. The van der Waals surface area contributed by atoms with Crippen molar-refractivity contribution in [3.05, 3.63) is 29.8 Å². The second kappa shape index (κ2) is 3.42. The number of rotatable bonds is 1. The summed E-state index contributed by atoms with van der Waals surface area (Å²) < 4.78 is 0. The standard InChI is InChI=1S/C10H11NOS/c1-7-6-11-10(13-7)8-2-4-9(12)5-3-8/h2-5,7,12H,6H2,1H3/t7-/m1/s1. The van der Waals surface area contributed by atoms with E-state index in [2.05, 4.69) is 11.9 Å². The van der Waals surface area contributed by atoms with Crippen LogP contribution in [0.3, 0.4) is 0 Å². The molecular weight excluding hydrogens is 182 g/mol. The monoisotopic (exact) mass is 193 g/mol. The second-order valence-electron chi connectivity index (χ2n) is 3.12. The Labute approximate surface area is 81.7 Å². The number of hydrogen-bond acceptors (Lipinski definition) is 3. The predicted molar refractivity (Wildman–Crippen MR) is 56.6 cm³/mol. The first-order valence-corrected chi connectivity index (χ1v) is 5.14. The number of hydrogen-bond donors (Lipinski definition) is 1. The van der Waals surface area contributed by atoms with E-state index in [1.807, 2.05) is 12.1 Å². The zero-order valence-corrected chi connectivity index (χ0v) is 8.21. The van der Waals surface area contributed by atoms with E-state index >= 15 is 0 Å². The maximum Gasteiger partial charge on any atom is 0.115 e. The summed E-state index contributed by atoms with van der Waals surface area (Å²) in [4.78, 5) is 4.41. The smallest absolute Gasteiger partial charge is 0.115 e. The van der Waals surface area contributed by atoms with Crippen LogP contribution in [0.2, 0.25) is 0 Å². The Kier molecular flexibility index (Phi) is 2.27. The Morgan fingerprint density at radius 3 is 2.62 bits per heavy atom. The number of aromatic hydroxyl groups is 1. The molecule has 3 heteroatoms. The number of thioether (sulfide) groups is 1. The molecule has 2 nitrogen and oxygen atoms in total. The molecule has 0 bridgehead atoms. The van der Waals surface area contributed by atoms with Gasteiger partial charge in [-0.15, -0.1) is 11.8 Å². The van der Waals surface area contributed by atoms with E-state index in [1.54, 1.807) is 23.9 Å². The lowest BCUT2D eigenvalue weighted by atomic mass is 10.2. The van der Waals surface area contributed by atoms with Gasteiger partial charge in [-0.3, -0.25) is 4.99 Å². The van der Waals surface area contributed by atoms with Crippen LogP contribution in [0.25, 0.3) is 0 Å². The lowest BCUT2D eigenvalue weighted by Gasteiger charge is -2.01. The quantitative estimate of drug-likeness (QED) is 0.742. The van der Waals surface area contributed by atoms with E-state index < -0.39 is 0 Å². The van der Waals surface area contributed by atoms with Crippen molar-refractivity contribution in [1.29, 1.82) is 0 Å². The first-order chi connectivity index (χ1) is 6.25. The van der Waals surface area contributed by atoms with Crippen LogP contribution in [0.15, 0.2) is 29.3 Å². The van der Waals surface area contributed by atoms with Crippen LogP contribution >= 0.6 is 11.8 Å². The minimum absolute atomic E-state index is 0.306. The zero-order chi connectivity index (χ0) is 9.26. The molecule has 0 aliphatic carbocycles. The van der Waals surface area contributed by atoms with Gasteiger partial charge in [0.15, 0.2) is 0 Å². The number of phenols is 1. The molecule has 0 saturated heterocycles. The van der Waals surface area contributed by atoms with Crippen molar-refractivity contribution in [1.82, 2.24) is 0 Å². The number of phenolic OH excluding ortho intramolecular Hbond substituents is 1. The van der Waals surface area contributed by atoms with Crippen molar-refractivity contribution in [2.75, 3.05) is 6.54 Å². The predicted octanol–water partition coefficient (Wildman–Crippen LogP) is 2.27. The average molecular weight is 193 g/mol. The van der Waals surface area contributed by atoms with E-state index in [0.717, 1.165) is 17.2 Å². The summed E-state index contributed by atoms with van der Waals surface area (Å²) in [5, 5.41) is 10.8. The highest BCUT2D eigenvalue weighted by molar-refractivity contribution is 8.15. The summed E-state index contributed by atoms with van der Waals surface area (Å²) >= 11 is 1.79. The third-order valence-electron chi connectivity index (χ3n) is 1.92. The molecule has 1 aliphatic heterocycles. The van der Waals surface area contributed by atoms with Crippen molar-refractivity contribution in [2.24, 2.45) is 4.99 Å². The minimum atomic E-state index is 0.306. The molecule has 0 aromatic heterocycles. The summed E-state index contributed by atoms with van der Waals surface area (Å²) in [6.07, 6.45) is 0. The maximum atomic E-state index is 9.10. The molecule has 1 aromatic carbocycles. The van der Waals surface area contributed by atoms with Crippen LogP contribution in [0.1, 0.15) is 12.5 Å². The third-order valence-corrected chi connectivity index (χ3v) is 3.06. The highest BCUT2D eigenvalue weighted by Crippen LogP contribution is 2.25. The minimum Gasteiger partial charge on any atom is -0.508 e. The molecule has 0 saturated carbocycles. The van der Waals surface area contributed by atoms with Gasteiger partial charge in [-0.2, -0.15) is 0 Å². The normalized spacial score (nSPS) is 21.6. The summed E-state index contributed by atoms with van der Waals surface area (Å²) in [7, 11) is 0. The highest BCUT2D eigenvalue weighted by Gasteiger charge is 2.15. The van der Waals surface area contributed by atoms with Crippen LogP contribution in [0, 0.1) is 0 Å². The SMILES string of the molecule is C[C@@H]1CN=C(c2ccc(O)cc2)S1. The van der Waals surface area contributed by atoms with Gasteiger partial charge in [-0.1, -0.05) is 6.92 Å². The molecule has 1 atom stereocenters. The Hall–Kier alpha value is -0.960. The molecule has 1 aromatic rings. The molecule has 13 heavy (non-hydrogen) atoms. The van der Waals surface area contributed by atoms with Gasteiger partial charge >= 0.3 is 0 Å². The topological polar surface area (TPSA) is 32.6 Å². The van der Waals surface area contributed by atoms with E-state index in [-0.39, 0.29) is 0 Å². The zero-order valence-electron chi connectivity index (χ0n) is 7.40. The van der Waals surface area contributed by atoms with Crippen molar-refractivity contribution in [2.45, 2.75) is 12.2 Å². The molecule has 2 rings (SSSR count). The lowest BCUT2D eigenvalue weighted by Crippen LogP contribution is -1.95. The molecule has 0 fully saturated rings. The molecule has 68 valence electrons. The van der Waals surface area contributed by atoms with E-state index in [9.17, 15) is 0 Å². The van der Waals surface area contributed by atoms with Crippen LogP contribution in [-0.4, -0.2) is 21.9 Å². The van der Waals surface area contributed by atoms with Gasteiger partial charge in [0.05, 0.1) is 11.6 Å². The molecule has 0 unspecified atom stereocenters. The lowest BCUT2D eigenvalue weighted by molar-refractivity contribution is 0.475. The van der Waals surface area contributed by atoms with Crippen LogP contribution in [0.5, 0.6) is 5.75 Å². The number of nitrogens with zero attached hydrogens (tertiary/aromatic N) is 1. The Morgan fingerprint density at radius 1 is 1.38 bits per heavy atom. The molecule has 1 N–H and O–H groups in total. The van der Waals surface area contributed by atoms with Crippen molar-refractivity contribution in [3.8, 4) is 5.75 Å². The first kappa shape index (κ1) is 8.63. The fourth-order valence-electron chi connectivity index (χ4n) is 1.24. The highest BCUT2D eigenvalue weighted by atomic mass is 32.2. The van der Waals surface area contributed by atoms with Gasteiger partial charge in [0, 0.05) is 10.8 Å². The van der Waals surface area contributed by atoms with Crippen LogP contribution < -0.4 is 0 Å². The van der Waals surface area contributed by atoms with Gasteiger partial charge in [0.1, 0.15) is 5.75 Å². The Bertz CT molecular complexity index is 331. The molecule has 0 spiro atoms. The fraction of sp³-hybridized carbons (Fsp3) is 0.300. The van der Waals surface area contributed by atoms with E-state index in [0.29, 0.717) is 11.0 Å². The number of benzene rings is 1. The molecule has 1 aliphatic rings. The van der Waals surface area contributed by atoms with Gasteiger partial charge in [0.2, 0.25) is 0 Å². The largest absolute Gasteiger partial charge is 0.508 e. The van der Waals surface area contributed by atoms with Crippen LogP contribution in [0.4, 0.5) is 0 Å². The molecule has 1 heterocycles. The second-order valence-corrected chi connectivity index (χ2v) is 4.55. The van der Waals surface area contributed by atoms with Crippen LogP contribution in [-0.2, 0) is 0 Å². The van der Waals surface area contributed by atoms with Gasteiger partial charge in [-0.25, -0.2) is 0 Å². The summed E-state index contributed by atoms with van der Waals surface area (Å²) in [6.45, 7) is 3.07. The number of aliphatic imine (C=N–C) groups is 1. The van der Waals surface area contributed by atoms with E-state index in [1.165, 1.54) is 0 Å². The van der Waals surface area contributed by atoms with Crippen molar-refractivity contribution < 1.29 is 5.11 Å². The molecular formula is C10H11NOS. The van der Waals surface area contributed by atoms with Crippen molar-refractivity contribution >= 4 is 16.8 Å². The maximum absolute atomic E-state index is 9.10. The van der Waals surface area contributed by atoms with Gasteiger partial charge in [0.25, 0.3) is 0 Å². The average Bonchev–Trinajstić information content (AvgIpc) is 2.53. The fourth-order valence-corrected chi connectivity index (χ4v) is 2.19. The Morgan fingerprint density at radius 2 is 2.08 bits per heavy atom. The third kappa shape index (κ3) is 1.86. The molecule has 0 radical (unpaired) electrons. The van der Waals surface area contributed by atoms with E-state index in [4.69, 9.17) is 5.11 Å². The molecule has 0 amide bonds. The summed E-state index contributed by atoms with van der Waals surface area (Å²) in [5.41, 5.74) is 1.10. The summed E-state index contributed by atoms with van der Waals surface area (Å²) in [6, 6.07) is 7.20. The Balaban J connectivity index is 2.22. The van der Waals surface area contributed by atoms with Crippen molar-refractivity contribution in [3.63, 3.8) is 0 Å². The first-order valence-electron chi connectivity index (χ1n) is 4.26. The van der Waals surface area contributed by atoms with Gasteiger partial charge < -0.3 is 5.11 Å². The van der Waals surface area contributed by atoms with Gasteiger partial charge in [-0.05, 0) is 24.3 Å².